The molecule has 0 aliphatic heterocycles. The zero-order valence-electron chi connectivity index (χ0n) is 15.2. The van der Waals surface area contributed by atoms with Crippen LogP contribution in [-0.4, -0.2) is 22.2 Å². The molecule has 1 amide bonds. The Morgan fingerprint density at radius 3 is 2.37 bits per heavy atom. The molecule has 3 aromatic rings. The van der Waals surface area contributed by atoms with Crippen molar-refractivity contribution in [2.24, 2.45) is 0 Å². The number of nitrogens with one attached hydrogen (secondary N) is 1. The van der Waals surface area contributed by atoms with Crippen molar-refractivity contribution in [3.8, 4) is 0 Å². The standard InChI is InChI=1S/C22H22ClN3O/c1-17-20(22(23)26(25-17)16-19-10-6-3-7-11-19)12-13-21(27)24-15-14-18-8-4-2-5-9-18/h2-13H,14-16H2,1H3,(H,24,27)/b13-12+. The molecule has 0 fully saturated rings. The van der Waals surface area contributed by atoms with Crippen LogP contribution < -0.4 is 5.32 Å². The van der Waals surface area contributed by atoms with Gasteiger partial charge in [0.15, 0.2) is 0 Å². The first-order chi connectivity index (χ1) is 13.1. The van der Waals surface area contributed by atoms with Crippen LogP contribution in [0.15, 0.2) is 66.7 Å². The Morgan fingerprint density at radius 1 is 1.07 bits per heavy atom. The van der Waals surface area contributed by atoms with Gasteiger partial charge in [0.05, 0.1) is 12.2 Å². The first-order valence-corrected chi connectivity index (χ1v) is 9.28. The van der Waals surface area contributed by atoms with Gasteiger partial charge in [-0.05, 0) is 30.5 Å². The Balaban J connectivity index is 1.58. The Hall–Kier alpha value is -2.85. The van der Waals surface area contributed by atoms with E-state index in [9.17, 15) is 4.79 Å². The van der Waals surface area contributed by atoms with Crippen molar-refractivity contribution >= 4 is 23.6 Å². The molecule has 0 unspecified atom stereocenters. The third kappa shape index (κ3) is 5.31. The number of benzene rings is 2. The van der Waals surface area contributed by atoms with Crippen LogP contribution in [0.2, 0.25) is 5.15 Å². The van der Waals surface area contributed by atoms with Crippen molar-refractivity contribution in [1.82, 2.24) is 15.1 Å². The SMILES string of the molecule is Cc1nn(Cc2ccccc2)c(Cl)c1/C=C/C(=O)NCCc1ccccc1. The largest absolute Gasteiger partial charge is 0.352 e. The number of amides is 1. The van der Waals surface area contributed by atoms with E-state index < -0.39 is 0 Å². The fourth-order valence-corrected chi connectivity index (χ4v) is 3.11. The molecule has 138 valence electrons. The van der Waals surface area contributed by atoms with Crippen molar-refractivity contribution in [3.05, 3.63) is 94.3 Å². The lowest BCUT2D eigenvalue weighted by atomic mass is 10.1. The van der Waals surface area contributed by atoms with Crippen LogP contribution in [0, 0.1) is 6.92 Å². The first-order valence-electron chi connectivity index (χ1n) is 8.90. The zero-order chi connectivity index (χ0) is 19.1. The lowest BCUT2D eigenvalue weighted by Gasteiger charge is -2.03. The van der Waals surface area contributed by atoms with Gasteiger partial charge in [-0.1, -0.05) is 72.3 Å². The number of rotatable bonds is 7. The Kier molecular flexibility index (Phi) is 6.44. The topological polar surface area (TPSA) is 46.9 Å². The Morgan fingerprint density at radius 2 is 1.70 bits per heavy atom. The molecule has 4 nitrogen and oxygen atoms in total. The van der Waals surface area contributed by atoms with E-state index in [1.54, 1.807) is 10.8 Å². The summed E-state index contributed by atoms with van der Waals surface area (Å²) < 4.78 is 1.75. The van der Waals surface area contributed by atoms with Gasteiger partial charge in [0.25, 0.3) is 0 Å². The number of hydrogen-bond donors (Lipinski definition) is 1. The van der Waals surface area contributed by atoms with Crippen LogP contribution in [0.4, 0.5) is 0 Å². The molecule has 2 aromatic carbocycles. The molecular weight excluding hydrogens is 358 g/mol. The van der Waals surface area contributed by atoms with E-state index in [0.717, 1.165) is 23.2 Å². The summed E-state index contributed by atoms with van der Waals surface area (Å²) in [6.45, 7) is 3.07. The monoisotopic (exact) mass is 379 g/mol. The maximum absolute atomic E-state index is 12.1. The summed E-state index contributed by atoms with van der Waals surface area (Å²) in [5, 5.41) is 7.91. The van der Waals surface area contributed by atoms with Gasteiger partial charge in [0.1, 0.15) is 5.15 Å². The van der Waals surface area contributed by atoms with Crippen LogP contribution >= 0.6 is 11.6 Å². The summed E-state index contributed by atoms with van der Waals surface area (Å²) in [4.78, 5) is 12.1. The molecule has 27 heavy (non-hydrogen) atoms. The predicted octanol–water partition coefficient (Wildman–Crippen LogP) is 4.27. The number of aromatic nitrogens is 2. The van der Waals surface area contributed by atoms with Gasteiger partial charge in [-0.25, -0.2) is 4.68 Å². The minimum absolute atomic E-state index is 0.141. The quantitative estimate of drug-likeness (QED) is 0.623. The maximum Gasteiger partial charge on any atom is 0.244 e. The highest BCUT2D eigenvalue weighted by molar-refractivity contribution is 6.31. The van der Waals surface area contributed by atoms with E-state index in [0.29, 0.717) is 18.2 Å². The number of carbonyl (C=O) groups excluding carboxylic acids is 1. The number of nitrogens with zero attached hydrogens (tertiary/aromatic N) is 2. The fourth-order valence-electron chi connectivity index (χ4n) is 2.81. The van der Waals surface area contributed by atoms with Gasteiger partial charge in [0.2, 0.25) is 5.91 Å². The van der Waals surface area contributed by atoms with E-state index in [1.807, 2.05) is 67.6 Å². The number of aryl methyl sites for hydroxylation is 1. The highest BCUT2D eigenvalue weighted by atomic mass is 35.5. The minimum atomic E-state index is -0.141. The molecule has 1 N–H and O–H groups in total. The Labute approximate surface area is 164 Å². The van der Waals surface area contributed by atoms with Crippen LogP contribution in [0.3, 0.4) is 0 Å². The predicted molar refractivity (Wildman–Crippen MR) is 110 cm³/mol. The van der Waals surface area contributed by atoms with Crippen molar-refractivity contribution in [1.29, 1.82) is 0 Å². The van der Waals surface area contributed by atoms with Crippen molar-refractivity contribution in [2.75, 3.05) is 6.54 Å². The van der Waals surface area contributed by atoms with Gasteiger partial charge in [-0.15, -0.1) is 0 Å². The van der Waals surface area contributed by atoms with Gasteiger partial charge in [-0.2, -0.15) is 5.10 Å². The number of halogens is 1. The van der Waals surface area contributed by atoms with Crippen molar-refractivity contribution in [3.63, 3.8) is 0 Å². The highest BCUT2D eigenvalue weighted by Gasteiger charge is 2.11. The van der Waals surface area contributed by atoms with E-state index in [4.69, 9.17) is 11.6 Å². The van der Waals surface area contributed by atoms with Gasteiger partial charge in [-0.3, -0.25) is 4.79 Å². The highest BCUT2D eigenvalue weighted by Crippen LogP contribution is 2.22. The van der Waals surface area contributed by atoms with Crippen molar-refractivity contribution in [2.45, 2.75) is 19.9 Å². The molecule has 1 heterocycles. The molecule has 1 aromatic heterocycles. The molecule has 0 bridgehead atoms. The van der Waals surface area contributed by atoms with Gasteiger partial charge < -0.3 is 5.32 Å². The van der Waals surface area contributed by atoms with E-state index in [2.05, 4.69) is 10.4 Å². The average molecular weight is 380 g/mol. The molecule has 0 aliphatic rings. The van der Waals surface area contributed by atoms with Crippen LogP contribution in [0.1, 0.15) is 22.4 Å². The first kappa shape index (κ1) is 18.9. The molecule has 0 radical (unpaired) electrons. The summed E-state index contributed by atoms with van der Waals surface area (Å²) >= 11 is 6.46. The van der Waals surface area contributed by atoms with Crippen LogP contribution in [0.5, 0.6) is 0 Å². The molecule has 0 saturated carbocycles. The molecule has 0 aliphatic carbocycles. The van der Waals surface area contributed by atoms with Crippen LogP contribution in [0.25, 0.3) is 6.08 Å². The van der Waals surface area contributed by atoms with Crippen LogP contribution in [-0.2, 0) is 17.8 Å². The van der Waals surface area contributed by atoms with Gasteiger partial charge >= 0.3 is 0 Å². The van der Waals surface area contributed by atoms with Crippen molar-refractivity contribution < 1.29 is 4.79 Å². The third-order valence-electron chi connectivity index (χ3n) is 4.24. The molecule has 5 heteroatoms. The Bertz CT molecular complexity index is 917. The number of hydrogen-bond acceptors (Lipinski definition) is 2. The van der Waals surface area contributed by atoms with E-state index in [-0.39, 0.29) is 5.91 Å². The smallest absolute Gasteiger partial charge is 0.244 e. The zero-order valence-corrected chi connectivity index (χ0v) is 16.0. The van der Waals surface area contributed by atoms with E-state index >= 15 is 0 Å². The lowest BCUT2D eigenvalue weighted by Crippen LogP contribution is -2.23. The second-order valence-corrected chi connectivity index (χ2v) is 6.65. The summed E-state index contributed by atoms with van der Waals surface area (Å²) in [5.41, 5.74) is 3.88. The number of carbonyl (C=O) groups is 1. The van der Waals surface area contributed by atoms with E-state index in [1.165, 1.54) is 11.6 Å². The molecule has 3 rings (SSSR count). The molecule has 0 saturated heterocycles. The molecule has 0 spiro atoms. The molecule has 0 atom stereocenters. The maximum atomic E-state index is 12.1. The minimum Gasteiger partial charge on any atom is -0.352 e. The second-order valence-electron chi connectivity index (χ2n) is 6.29. The summed E-state index contributed by atoms with van der Waals surface area (Å²) in [6.07, 6.45) is 4.03. The summed E-state index contributed by atoms with van der Waals surface area (Å²) in [6, 6.07) is 20.1. The summed E-state index contributed by atoms with van der Waals surface area (Å²) in [5.74, 6) is -0.141. The third-order valence-corrected chi connectivity index (χ3v) is 4.64. The van der Waals surface area contributed by atoms with Gasteiger partial charge in [0, 0.05) is 18.2 Å². The second kappa shape index (κ2) is 9.19. The fraction of sp³-hybridized carbons (Fsp3) is 0.182. The average Bonchev–Trinajstić information content (AvgIpc) is 2.95. The lowest BCUT2D eigenvalue weighted by molar-refractivity contribution is -0.116. The molecular formula is C22H22ClN3O. The normalized spacial score (nSPS) is 11.0. The summed E-state index contributed by atoms with van der Waals surface area (Å²) in [7, 11) is 0.